The molecule has 0 atom stereocenters. The number of halogens is 1. The number of rotatable bonds is 5. The fourth-order valence-corrected chi connectivity index (χ4v) is 3.55. The van der Waals surface area contributed by atoms with E-state index >= 15 is 0 Å². The van der Waals surface area contributed by atoms with Gasteiger partial charge in [-0.3, -0.25) is 5.43 Å². The molecule has 0 amide bonds. The molecule has 0 spiro atoms. The van der Waals surface area contributed by atoms with Crippen molar-refractivity contribution >= 4 is 22.9 Å². The molecule has 2 heterocycles. The standard InChI is InChI=1S/C26H19FN4O2/c1-17-13-20(27)11-12-23(17)29-28-15-19-16-31(21-8-3-2-4-9-21)30-25(19)22-14-18-7-5-6-10-24(18)33-26(22)32/h2-16,29H,1H3/b28-15+. The van der Waals surface area contributed by atoms with Crippen LogP contribution in [0.5, 0.6) is 0 Å². The lowest BCUT2D eigenvalue weighted by Crippen LogP contribution is -2.05. The molecular formula is C26H19FN4O2. The number of hydrogen-bond acceptors (Lipinski definition) is 5. The Morgan fingerprint density at radius 2 is 1.82 bits per heavy atom. The van der Waals surface area contributed by atoms with E-state index in [2.05, 4.69) is 15.6 Å². The smallest absolute Gasteiger partial charge is 0.345 e. The molecule has 0 bridgehead atoms. The highest BCUT2D eigenvalue weighted by Gasteiger charge is 2.16. The second kappa shape index (κ2) is 8.55. The highest BCUT2D eigenvalue weighted by molar-refractivity contribution is 5.91. The van der Waals surface area contributed by atoms with Crippen molar-refractivity contribution in [3.05, 3.63) is 112 Å². The molecule has 0 radical (unpaired) electrons. The van der Waals surface area contributed by atoms with Crippen LogP contribution in [0.4, 0.5) is 10.1 Å². The number of aromatic nitrogens is 2. The predicted molar refractivity (Wildman–Crippen MR) is 127 cm³/mol. The first-order valence-electron chi connectivity index (χ1n) is 10.3. The van der Waals surface area contributed by atoms with Crippen molar-refractivity contribution in [2.24, 2.45) is 5.10 Å². The van der Waals surface area contributed by atoms with Gasteiger partial charge < -0.3 is 4.42 Å². The van der Waals surface area contributed by atoms with Crippen molar-refractivity contribution in [1.82, 2.24) is 9.78 Å². The minimum atomic E-state index is -0.482. The van der Waals surface area contributed by atoms with Gasteiger partial charge in [0.1, 0.15) is 17.1 Å². The van der Waals surface area contributed by atoms with E-state index < -0.39 is 5.63 Å². The first-order chi connectivity index (χ1) is 16.1. The zero-order valence-electron chi connectivity index (χ0n) is 17.7. The van der Waals surface area contributed by atoms with Crippen LogP contribution >= 0.6 is 0 Å². The fraction of sp³-hybridized carbons (Fsp3) is 0.0385. The molecule has 7 heteroatoms. The molecule has 162 valence electrons. The van der Waals surface area contributed by atoms with Gasteiger partial charge in [-0.25, -0.2) is 13.9 Å². The van der Waals surface area contributed by atoms with E-state index in [1.807, 2.05) is 48.5 Å². The third kappa shape index (κ3) is 4.16. The van der Waals surface area contributed by atoms with Crippen LogP contribution in [0.3, 0.4) is 0 Å². The first-order valence-corrected chi connectivity index (χ1v) is 10.3. The van der Waals surface area contributed by atoms with Gasteiger partial charge in [0, 0.05) is 17.1 Å². The molecule has 0 unspecified atom stereocenters. The van der Waals surface area contributed by atoms with Crippen molar-refractivity contribution < 1.29 is 8.81 Å². The lowest BCUT2D eigenvalue weighted by atomic mass is 10.1. The number of anilines is 1. The molecule has 0 fully saturated rings. The summed E-state index contributed by atoms with van der Waals surface area (Å²) in [7, 11) is 0. The summed E-state index contributed by atoms with van der Waals surface area (Å²) in [6.07, 6.45) is 3.38. The van der Waals surface area contributed by atoms with Crippen LogP contribution in [0.15, 0.2) is 99.4 Å². The third-order valence-electron chi connectivity index (χ3n) is 5.24. The Morgan fingerprint density at radius 1 is 1.03 bits per heavy atom. The normalized spacial score (nSPS) is 11.3. The molecule has 33 heavy (non-hydrogen) atoms. The van der Waals surface area contributed by atoms with Gasteiger partial charge in [0.25, 0.3) is 0 Å². The van der Waals surface area contributed by atoms with Crippen molar-refractivity contribution in [3.63, 3.8) is 0 Å². The zero-order valence-corrected chi connectivity index (χ0v) is 17.7. The van der Waals surface area contributed by atoms with E-state index in [1.54, 1.807) is 42.2 Å². The minimum absolute atomic E-state index is 0.309. The molecule has 0 saturated carbocycles. The largest absolute Gasteiger partial charge is 0.422 e. The van der Waals surface area contributed by atoms with Crippen LogP contribution in [0, 0.1) is 12.7 Å². The Morgan fingerprint density at radius 3 is 2.64 bits per heavy atom. The molecule has 5 rings (SSSR count). The highest BCUT2D eigenvalue weighted by Crippen LogP contribution is 2.24. The van der Waals surface area contributed by atoms with Crippen molar-refractivity contribution in [2.45, 2.75) is 6.92 Å². The van der Waals surface area contributed by atoms with Gasteiger partial charge in [0.2, 0.25) is 0 Å². The quantitative estimate of drug-likeness (QED) is 0.222. The van der Waals surface area contributed by atoms with Gasteiger partial charge in [0.15, 0.2) is 0 Å². The van der Waals surface area contributed by atoms with Crippen LogP contribution in [0.1, 0.15) is 11.1 Å². The van der Waals surface area contributed by atoms with Crippen LogP contribution in [-0.4, -0.2) is 16.0 Å². The maximum Gasteiger partial charge on any atom is 0.345 e. The van der Waals surface area contributed by atoms with E-state index in [-0.39, 0.29) is 5.82 Å². The summed E-state index contributed by atoms with van der Waals surface area (Å²) in [6, 6.07) is 23.1. The van der Waals surface area contributed by atoms with E-state index in [0.717, 1.165) is 16.6 Å². The minimum Gasteiger partial charge on any atom is -0.422 e. The van der Waals surface area contributed by atoms with Crippen molar-refractivity contribution in [3.8, 4) is 16.9 Å². The maximum absolute atomic E-state index is 13.4. The number of hydrogen-bond donors (Lipinski definition) is 1. The van der Waals surface area contributed by atoms with Crippen molar-refractivity contribution in [2.75, 3.05) is 5.43 Å². The Bertz CT molecular complexity index is 1540. The molecule has 6 nitrogen and oxygen atoms in total. The Labute approximate surface area is 188 Å². The molecule has 0 aliphatic carbocycles. The molecule has 1 N–H and O–H groups in total. The number of aryl methyl sites for hydroxylation is 1. The van der Waals surface area contributed by atoms with Crippen molar-refractivity contribution in [1.29, 1.82) is 0 Å². The molecule has 2 aromatic heterocycles. The maximum atomic E-state index is 13.4. The summed E-state index contributed by atoms with van der Waals surface area (Å²) in [5.74, 6) is -0.309. The summed E-state index contributed by atoms with van der Waals surface area (Å²) < 4.78 is 20.6. The molecular weight excluding hydrogens is 419 g/mol. The lowest BCUT2D eigenvalue weighted by molar-refractivity contribution is 0.563. The third-order valence-corrected chi connectivity index (χ3v) is 5.24. The number of fused-ring (bicyclic) bond motifs is 1. The second-order valence-corrected chi connectivity index (χ2v) is 7.53. The SMILES string of the molecule is Cc1cc(F)ccc1N/N=C/c1cn(-c2ccccc2)nc1-c1cc2ccccc2oc1=O. The van der Waals surface area contributed by atoms with Gasteiger partial charge in [-0.1, -0.05) is 36.4 Å². The summed E-state index contributed by atoms with van der Waals surface area (Å²) in [5.41, 5.74) is 6.59. The van der Waals surface area contributed by atoms with E-state index in [9.17, 15) is 9.18 Å². The lowest BCUT2D eigenvalue weighted by Gasteiger charge is -2.04. The Hall–Kier alpha value is -4.52. The number of nitrogens with zero attached hydrogens (tertiary/aromatic N) is 3. The van der Waals surface area contributed by atoms with Gasteiger partial charge in [0.05, 0.1) is 23.2 Å². The highest BCUT2D eigenvalue weighted by atomic mass is 19.1. The van der Waals surface area contributed by atoms with Crippen LogP contribution in [0.2, 0.25) is 0 Å². The molecule has 5 aromatic rings. The number of benzene rings is 3. The summed E-state index contributed by atoms with van der Waals surface area (Å²) in [5, 5.41) is 9.76. The van der Waals surface area contributed by atoms with Crippen LogP contribution in [0.25, 0.3) is 27.9 Å². The van der Waals surface area contributed by atoms with Crippen LogP contribution in [-0.2, 0) is 0 Å². The topological polar surface area (TPSA) is 72.4 Å². The second-order valence-electron chi connectivity index (χ2n) is 7.53. The monoisotopic (exact) mass is 438 g/mol. The average molecular weight is 438 g/mol. The molecule has 3 aromatic carbocycles. The number of nitrogens with one attached hydrogen (secondary N) is 1. The van der Waals surface area contributed by atoms with E-state index in [1.165, 1.54) is 12.1 Å². The summed E-state index contributed by atoms with van der Waals surface area (Å²) in [4.78, 5) is 12.8. The van der Waals surface area contributed by atoms with E-state index in [4.69, 9.17) is 4.42 Å². The van der Waals surface area contributed by atoms with Gasteiger partial charge >= 0.3 is 5.63 Å². The average Bonchev–Trinajstić information content (AvgIpc) is 3.24. The fourth-order valence-electron chi connectivity index (χ4n) is 3.55. The van der Waals surface area contributed by atoms with Gasteiger partial charge in [-0.2, -0.15) is 10.2 Å². The van der Waals surface area contributed by atoms with Gasteiger partial charge in [-0.05, 0) is 55.0 Å². The number of hydrazone groups is 1. The van der Waals surface area contributed by atoms with E-state index in [0.29, 0.717) is 28.1 Å². The van der Waals surface area contributed by atoms with Crippen LogP contribution < -0.4 is 11.1 Å². The molecule has 0 aliphatic heterocycles. The summed E-state index contributed by atoms with van der Waals surface area (Å²) in [6.45, 7) is 1.79. The van der Waals surface area contributed by atoms with Gasteiger partial charge in [-0.15, -0.1) is 0 Å². The Balaban J connectivity index is 1.59. The predicted octanol–water partition coefficient (Wildman–Crippen LogP) is 5.54. The summed E-state index contributed by atoms with van der Waals surface area (Å²) >= 11 is 0. The first kappa shape index (κ1) is 20.4. The molecule has 0 aliphatic rings. The Kier molecular flexibility index (Phi) is 5.28. The molecule has 0 saturated heterocycles. The number of para-hydroxylation sites is 2. The zero-order chi connectivity index (χ0) is 22.8.